The predicted molar refractivity (Wildman–Crippen MR) is 94.5 cm³/mol. The third-order valence-electron chi connectivity index (χ3n) is 5.89. The fourth-order valence-electron chi connectivity index (χ4n) is 4.05. The summed E-state index contributed by atoms with van der Waals surface area (Å²) in [7, 11) is 0. The van der Waals surface area contributed by atoms with E-state index >= 15 is 0 Å². The number of carbonyl (C=O) groups excluding carboxylic acids is 2. The number of aromatic nitrogens is 2. The van der Waals surface area contributed by atoms with Crippen molar-refractivity contribution in [3.8, 4) is 0 Å². The minimum absolute atomic E-state index is 0.150. The molecule has 8 nitrogen and oxygen atoms in total. The van der Waals surface area contributed by atoms with Crippen molar-refractivity contribution in [2.45, 2.75) is 24.8 Å². The molecule has 3 aliphatic heterocycles. The zero-order valence-corrected chi connectivity index (χ0v) is 15.2. The van der Waals surface area contributed by atoms with Crippen molar-refractivity contribution in [1.82, 2.24) is 24.5 Å². The molecule has 0 aromatic carbocycles. The van der Waals surface area contributed by atoms with Gasteiger partial charge in [0.05, 0.1) is 19.8 Å². The summed E-state index contributed by atoms with van der Waals surface area (Å²) in [5, 5.41) is 4.38. The molecule has 0 aliphatic carbocycles. The van der Waals surface area contributed by atoms with Crippen LogP contribution in [0.5, 0.6) is 0 Å². The number of likely N-dealkylation sites (tertiary alicyclic amines) is 2. The van der Waals surface area contributed by atoms with Crippen molar-refractivity contribution in [1.29, 1.82) is 0 Å². The van der Waals surface area contributed by atoms with Crippen LogP contribution < -0.4 is 0 Å². The first-order chi connectivity index (χ1) is 12.7. The van der Waals surface area contributed by atoms with E-state index in [0.717, 1.165) is 32.6 Å². The van der Waals surface area contributed by atoms with E-state index in [1.54, 1.807) is 6.20 Å². The van der Waals surface area contributed by atoms with Gasteiger partial charge in [-0.1, -0.05) is 0 Å². The molecule has 3 aliphatic rings. The number of morpholine rings is 1. The van der Waals surface area contributed by atoms with Crippen LogP contribution in [0.25, 0.3) is 0 Å². The fraction of sp³-hybridized carbons (Fsp3) is 0.722. The van der Waals surface area contributed by atoms with Crippen LogP contribution >= 0.6 is 0 Å². The maximum absolute atomic E-state index is 13.1. The van der Waals surface area contributed by atoms with E-state index in [9.17, 15) is 9.59 Å². The second-order valence-electron chi connectivity index (χ2n) is 7.40. The Hall–Kier alpha value is -1.93. The number of amides is 2. The molecule has 0 spiro atoms. The Morgan fingerprint density at radius 2 is 1.73 bits per heavy atom. The highest BCUT2D eigenvalue weighted by Gasteiger charge is 2.47. The van der Waals surface area contributed by atoms with Gasteiger partial charge in [-0.15, -0.1) is 0 Å². The van der Waals surface area contributed by atoms with Crippen molar-refractivity contribution in [2.75, 3.05) is 59.0 Å². The third-order valence-corrected chi connectivity index (χ3v) is 5.89. The number of piperidine rings is 1. The molecule has 0 saturated carbocycles. The van der Waals surface area contributed by atoms with Gasteiger partial charge in [-0.25, -0.2) is 0 Å². The topological polar surface area (TPSA) is 70.9 Å². The molecule has 0 N–H and O–H groups in total. The molecule has 3 saturated heterocycles. The second kappa shape index (κ2) is 7.36. The average Bonchev–Trinajstić information content (AvgIpc) is 3.16. The van der Waals surface area contributed by atoms with E-state index in [-0.39, 0.29) is 11.8 Å². The van der Waals surface area contributed by atoms with Gasteiger partial charge in [0, 0.05) is 51.7 Å². The SMILES string of the molecule is O=C(CN1CCOCC1)N1CCC(C(=O)N2CCC2)(n2cccn2)CC1. The normalized spacial score (nSPS) is 23.5. The molecule has 4 heterocycles. The number of rotatable bonds is 4. The van der Waals surface area contributed by atoms with E-state index < -0.39 is 5.54 Å². The Labute approximate surface area is 153 Å². The summed E-state index contributed by atoms with van der Waals surface area (Å²) in [6.45, 7) is 6.32. The molecule has 0 atom stereocenters. The molecule has 1 aromatic rings. The molecule has 142 valence electrons. The zero-order valence-electron chi connectivity index (χ0n) is 15.2. The standard InChI is InChI=1S/C18H27N5O3/c24-16(15-20-11-13-26-14-12-20)21-9-3-18(4-10-21,23-8-1-5-19-23)17(25)22-6-2-7-22/h1,5,8H,2-4,6-7,9-15H2. The van der Waals surface area contributed by atoms with Crippen LogP contribution in [0.3, 0.4) is 0 Å². The summed E-state index contributed by atoms with van der Waals surface area (Å²) in [6, 6.07) is 1.86. The number of hydrogen-bond acceptors (Lipinski definition) is 5. The van der Waals surface area contributed by atoms with E-state index in [2.05, 4.69) is 10.00 Å². The molecule has 1 aromatic heterocycles. The van der Waals surface area contributed by atoms with E-state index in [1.165, 1.54) is 0 Å². The maximum Gasteiger partial charge on any atom is 0.250 e. The van der Waals surface area contributed by atoms with Gasteiger partial charge in [0.15, 0.2) is 0 Å². The Balaban J connectivity index is 1.42. The van der Waals surface area contributed by atoms with Crippen LogP contribution in [0.2, 0.25) is 0 Å². The maximum atomic E-state index is 13.1. The second-order valence-corrected chi connectivity index (χ2v) is 7.40. The van der Waals surface area contributed by atoms with Crippen LogP contribution in [0.1, 0.15) is 19.3 Å². The van der Waals surface area contributed by atoms with Gasteiger partial charge in [0.2, 0.25) is 5.91 Å². The van der Waals surface area contributed by atoms with Crippen molar-refractivity contribution in [3.05, 3.63) is 18.5 Å². The predicted octanol–water partition coefficient (Wildman–Crippen LogP) is -0.235. The first-order valence-corrected chi connectivity index (χ1v) is 9.56. The minimum Gasteiger partial charge on any atom is -0.379 e. The van der Waals surface area contributed by atoms with Gasteiger partial charge in [0.1, 0.15) is 5.54 Å². The molecule has 8 heteroatoms. The summed E-state index contributed by atoms with van der Waals surface area (Å²) in [4.78, 5) is 31.8. The number of ether oxygens (including phenoxy) is 1. The molecule has 3 fully saturated rings. The Morgan fingerprint density at radius 1 is 1.00 bits per heavy atom. The number of nitrogens with zero attached hydrogens (tertiary/aromatic N) is 5. The Morgan fingerprint density at radius 3 is 2.31 bits per heavy atom. The van der Waals surface area contributed by atoms with Crippen molar-refractivity contribution < 1.29 is 14.3 Å². The zero-order chi connectivity index (χ0) is 18.0. The van der Waals surface area contributed by atoms with Crippen LogP contribution in [0.4, 0.5) is 0 Å². The lowest BCUT2D eigenvalue weighted by molar-refractivity contribution is -0.151. The third kappa shape index (κ3) is 3.23. The van der Waals surface area contributed by atoms with Gasteiger partial charge in [-0.2, -0.15) is 5.10 Å². The highest BCUT2D eigenvalue weighted by atomic mass is 16.5. The summed E-state index contributed by atoms with van der Waals surface area (Å²) < 4.78 is 7.16. The van der Waals surface area contributed by atoms with E-state index in [4.69, 9.17) is 4.74 Å². The van der Waals surface area contributed by atoms with Gasteiger partial charge in [-0.3, -0.25) is 19.2 Å². The molecular formula is C18H27N5O3. The lowest BCUT2D eigenvalue weighted by Crippen LogP contribution is -2.60. The van der Waals surface area contributed by atoms with Crippen LogP contribution in [0.15, 0.2) is 18.5 Å². The van der Waals surface area contributed by atoms with Gasteiger partial charge in [-0.05, 0) is 25.3 Å². The Kier molecular flexibility index (Phi) is 4.95. The van der Waals surface area contributed by atoms with Gasteiger partial charge >= 0.3 is 0 Å². The van der Waals surface area contributed by atoms with Gasteiger partial charge in [0.25, 0.3) is 5.91 Å². The van der Waals surface area contributed by atoms with E-state index in [1.807, 2.05) is 26.7 Å². The van der Waals surface area contributed by atoms with Crippen molar-refractivity contribution in [3.63, 3.8) is 0 Å². The highest BCUT2D eigenvalue weighted by molar-refractivity contribution is 5.86. The molecule has 26 heavy (non-hydrogen) atoms. The first kappa shape index (κ1) is 17.5. The van der Waals surface area contributed by atoms with Crippen molar-refractivity contribution >= 4 is 11.8 Å². The Bertz CT molecular complexity index is 629. The van der Waals surface area contributed by atoms with Crippen molar-refractivity contribution in [2.24, 2.45) is 0 Å². The van der Waals surface area contributed by atoms with Crippen LogP contribution in [0, 0.1) is 0 Å². The number of hydrogen-bond donors (Lipinski definition) is 0. The monoisotopic (exact) mass is 361 g/mol. The molecule has 4 rings (SSSR count). The summed E-state index contributed by atoms with van der Waals surface area (Å²) in [5.41, 5.74) is -0.639. The lowest BCUT2D eigenvalue weighted by Gasteiger charge is -2.45. The average molecular weight is 361 g/mol. The molecule has 0 unspecified atom stereocenters. The lowest BCUT2D eigenvalue weighted by atomic mass is 9.85. The van der Waals surface area contributed by atoms with Gasteiger partial charge < -0.3 is 14.5 Å². The van der Waals surface area contributed by atoms with Crippen LogP contribution in [-0.4, -0.2) is 95.3 Å². The summed E-state index contributed by atoms with van der Waals surface area (Å²) >= 11 is 0. The first-order valence-electron chi connectivity index (χ1n) is 9.56. The smallest absolute Gasteiger partial charge is 0.250 e. The highest BCUT2D eigenvalue weighted by Crippen LogP contribution is 2.33. The quantitative estimate of drug-likeness (QED) is 0.741. The molecular weight excluding hydrogens is 334 g/mol. The molecule has 0 radical (unpaired) electrons. The minimum atomic E-state index is -0.639. The molecule has 2 amide bonds. The van der Waals surface area contributed by atoms with Crippen LogP contribution in [-0.2, 0) is 19.9 Å². The summed E-state index contributed by atoms with van der Waals surface area (Å²) in [6.07, 6.45) is 5.92. The largest absolute Gasteiger partial charge is 0.379 e. The van der Waals surface area contributed by atoms with E-state index in [0.29, 0.717) is 45.7 Å². The fourth-order valence-corrected chi connectivity index (χ4v) is 4.05. The summed E-state index contributed by atoms with van der Waals surface area (Å²) in [5.74, 6) is 0.310. The molecule has 0 bridgehead atoms. The number of carbonyl (C=O) groups is 2.